The summed E-state index contributed by atoms with van der Waals surface area (Å²) in [6, 6.07) is 19.5. The summed E-state index contributed by atoms with van der Waals surface area (Å²) in [7, 11) is 0. The van der Waals surface area contributed by atoms with E-state index in [-0.39, 0.29) is 51.6 Å². The van der Waals surface area contributed by atoms with Gasteiger partial charge in [0.1, 0.15) is 11.6 Å². The Balaban J connectivity index is 1.46. The van der Waals surface area contributed by atoms with Crippen molar-refractivity contribution < 1.29 is 43.5 Å². The molecule has 0 bridgehead atoms. The van der Waals surface area contributed by atoms with Crippen LogP contribution >= 0.6 is 0 Å². The lowest BCUT2D eigenvalue weighted by molar-refractivity contribution is 0.446. The van der Waals surface area contributed by atoms with E-state index in [1.807, 2.05) is 39.0 Å². The van der Waals surface area contributed by atoms with Crippen molar-refractivity contribution in [2.45, 2.75) is 118 Å². The number of hydrogen-bond donors (Lipinski definition) is 1. The molecule has 0 aliphatic carbocycles. The number of pyridine rings is 1. The summed E-state index contributed by atoms with van der Waals surface area (Å²) < 4.78 is 247. The van der Waals surface area contributed by atoms with Crippen LogP contribution in [0.4, 0.5) is 0 Å². The van der Waals surface area contributed by atoms with Crippen molar-refractivity contribution >= 4 is 11.0 Å². The van der Waals surface area contributed by atoms with Gasteiger partial charge in [-0.3, -0.25) is 9.55 Å². The second kappa shape index (κ2) is 18.4. The zero-order valence-corrected chi connectivity index (χ0v) is 39.8. The summed E-state index contributed by atoms with van der Waals surface area (Å²) in [6.45, 7) is -12.3. The summed E-state index contributed by atoms with van der Waals surface area (Å²) in [5, 5.41) is 13.3. The highest BCUT2D eigenvalue weighted by Crippen LogP contribution is 2.47. The molecule has 0 saturated heterocycles. The number of phenolic OH excluding ortho intramolecular Hbond substituents is 1. The van der Waals surface area contributed by atoms with Crippen LogP contribution in [-0.4, -0.2) is 19.6 Å². The van der Waals surface area contributed by atoms with E-state index in [0.717, 1.165) is 5.56 Å². The lowest BCUT2D eigenvalue weighted by Gasteiger charge is -2.28. The Morgan fingerprint density at radius 2 is 1.10 bits per heavy atom. The van der Waals surface area contributed by atoms with Gasteiger partial charge in [0.25, 0.3) is 0 Å². The number of phenols is 1. The molecular formula is C66H69N3O. The Morgan fingerprint density at radius 1 is 0.529 bits per heavy atom. The van der Waals surface area contributed by atoms with Crippen LogP contribution in [-0.2, 0) is 16.2 Å². The summed E-state index contributed by atoms with van der Waals surface area (Å²) >= 11 is 0. The van der Waals surface area contributed by atoms with E-state index in [4.69, 9.17) is 48.3 Å². The molecule has 0 aliphatic rings. The van der Waals surface area contributed by atoms with Gasteiger partial charge in [0.15, 0.2) is 0 Å². The van der Waals surface area contributed by atoms with Gasteiger partial charge < -0.3 is 5.11 Å². The molecule has 4 heteroatoms. The van der Waals surface area contributed by atoms with Gasteiger partial charge in [0.05, 0.1) is 41.7 Å². The molecule has 0 aliphatic heterocycles. The SMILES string of the molecule is [2H]c1c([2H])c([2H])c(-c2ccc(-c3ccnc(-c4cc(-c5cccc6c5nc(-c5cc(C(C([2H])([2H])[2H])(C([2H])([2H])[2H])C([2H])([2H])[2H])cc(C(C([2H])([2H])[2H])(C([2H])([2H])[2H])C([2H])([2H])[2H])c5O)n6-c5c(C(C)C)cc(-c6c([2H])c([2H])c([2H])c([2H])c6[2H])cc5C(C)C)cc(C(C)(C)C)c4)c3)cc2)c([2H])c1[2H]. The van der Waals surface area contributed by atoms with E-state index in [1.54, 1.807) is 101 Å². The van der Waals surface area contributed by atoms with E-state index in [1.165, 1.54) is 4.57 Å². The van der Waals surface area contributed by atoms with Crippen LogP contribution in [0, 0.1) is 0 Å². The van der Waals surface area contributed by atoms with Crippen LogP contribution in [0.15, 0.2) is 164 Å². The zero-order valence-electron chi connectivity index (χ0n) is 67.8. The van der Waals surface area contributed by atoms with Crippen molar-refractivity contribution in [1.82, 2.24) is 14.5 Å². The van der Waals surface area contributed by atoms with Crippen LogP contribution in [0.1, 0.15) is 168 Å². The van der Waals surface area contributed by atoms with E-state index in [2.05, 4.69) is 0 Å². The third-order valence-electron chi connectivity index (χ3n) is 12.5. The molecule has 0 unspecified atom stereocenters. The Kier molecular flexibility index (Phi) is 6.48. The van der Waals surface area contributed by atoms with Gasteiger partial charge in [-0.15, -0.1) is 0 Å². The largest absolute Gasteiger partial charge is 0.507 e. The Morgan fingerprint density at radius 3 is 1.69 bits per heavy atom. The minimum atomic E-state index is -4.27. The molecular weight excluding hydrogens is 851 g/mol. The molecule has 0 spiro atoms. The first-order valence-corrected chi connectivity index (χ1v) is 22.8. The summed E-state index contributed by atoms with van der Waals surface area (Å²) in [5.74, 6) is -3.31. The average Bonchev–Trinajstić information content (AvgIpc) is 0.756. The van der Waals surface area contributed by atoms with Gasteiger partial charge in [0, 0.05) is 47.6 Å². The summed E-state index contributed by atoms with van der Waals surface area (Å²) in [6.07, 6.45) is 1.58. The molecule has 4 nitrogen and oxygen atoms in total. The standard InChI is InChI=1S/C66H69N3O/c1-41(2)54-36-48(44-23-18-15-19-24-44)37-55(42(3)4)61(54)69-59-26-20-25-53(60(59)68-63(69)56-39-52(65(8,9)10)40-57(62(56)70)66(11,12)13)49-33-50(35-51(34-49)64(5,6)7)58-38-47(31-32-67-58)46-29-27-45(28-30-46)43-21-16-14-17-22-43/h14-42,70H,1-13H3/i8D3,9D3,10D3,11D3,12D3,13D3,14D,15D,16D,17D,18D,19D,21D,22D,23D,24D. The van der Waals surface area contributed by atoms with Crippen molar-refractivity contribution in [3.05, 3.63) is 192 Å². The van der Waals surface area contributed by atoms with Crippen molar-refractivity contribution in [3.63, 3.8) is 0 Å². The highest BCUT2D eigenvalue weighted by Gasteiger charge is 2.31. The minimum absolute atomic E-state index is 0.0207. The smallest absolute Gasteiger partial charge is 0.149 e. The van der Waals surface area contributed by atoms with Crippen LogP contribution in [0.3, 0.4) is 0 Å². The number of nitrogens with zero attached hydrogens (tertiary/aromatic N) is 3. The van der Waals surface area contributed by atoms with Crippen molar-refractivity contribution in [3.8, 4) is 78.6 Å². The normalized spacial score (nSPS) is 19.3. The molecule has 0 amide bonds. The topological polar surface area (TPSA) is 50.9 Å². The second-order valence-corrected chi connectivity index (χ2v) is 19.2. The number of hydrogen-bond acceptors (Lipinski definition) is 3. The summed E-state index contributed by atoms with van der Waals surface area (Å²) in [4.78, 5) is 10.0. The van der Waals surface area contributed by atoms with Gasteiger partial charge in [-0.05, 0) is 138 Å². The van der Waals surface area contributed by atoms with Crippen LogP contribution in [0.25, 0.3) is 83.9 Å². The molecule has 2 heterocycles. The number of imidazole rings is 1. The molecule has 0 saturated carbocycles. The van der Waals surface area contributed by atoms with Gasteiger partial charge in [-0.2, -0.15) is 0 Å². The maximum Gasteiger partial charge on any atom is 0.149 e. The van der Waals surface area contributed by atoms with Crippen molar-refractivity contribution in [2.24, 2.45) is 0 Å². The lowest BCUT2D eigenvalue weighted by atomic mass is 9.78. The molecule has 0 radical (unpaired) electrons. The Bertz CT molecular complexity index is 4500. The predicted molar refractivity (Wildman–Crippen MR) is 297 cm³/mol. The predicted octanol–water partition coefficient (Wildman–Crippen LogP) is 18.3. The zero-order chi connectivity index (χ0) is 73.6. The van der Waals surface area contributed by atoms with Crippen LogP contribution in [0.5, 0.6) is 5.75 Å². The molecule has 70 heavy (non-hydrogen) atoms. The Labute approximate surface area is 456 Å². The number of aromatic nitrogens is 3. The monoisotopic (exact) mass is 948 g/mol. The van der Waals surface area contributed by atoms with E-state index >= 15 is 0 Å². The first kappa shape index (κ1) is 24.7. The molecule has 0 atom stereocenters. The third-order valence-corrected chi connectivity index (χ3v) is 12.5. The fourth-order valence-electron chi connectivity index (χ4n) is 8.76. The fraction of sp³-hybridized carbons (Fsp3) is 0.273. The Hall–Kier alpha value is -7.04. The first-order chi connectivity index (χ1) is 44.8. The fourth-order valence-corrected chi connectivity index (χ4v) is 8.76. The quantitative estimate of drug-likeness (QED) is 0.157. The molecule has 2 aromatic heterocycles. The van der Waals surface area contributed by atoms with Gasteiger partial charge >= 0.3 is 0 Å². The van der Waals surface area contributed by atoms with E-state index < -0.39 is 146 Å². The minimum Gasteiger partial charge on any atom is -0.507 e. The highest BCUT2D eigenvalue weighted by atomic mass is 16.3. The maximum atomic E-state index is 13.3. The number of aromatic hydroxyl groups is 1. The molecule has 354 valence electrons. The molecule has 9 rings (SSSR count). The molecule has 9 aromatic rings. The number of fused-ring (bicyclic) bond motifs is 1. The van der Waals surface area contributed by atoms with Crippen molar-refractivity contribution in [2.75, 3.05) is 0 Å². The number of rotatable bonds is 9. The van der Waals surface area contributed by atoms with Gasteiger partial charge in [-0.1, -0.05) is 199 Å². The number of para-hydroxylation sites is 1. The van der Waals surface area contributed by atoms with Crippen LogP contribution < -0.4 is 0 Å². The third kappa shape index (κ3) is 9.37. The van der Waals surface area contributed by atoms with Crippen molar-refractivity contribution in [1.29, 1.82) is 0 Å². The summed E-state index contributed by atoms with van der Waals surface area (Å²) in [5.41, 5.74) is -7.73. The van der Waals surface area contributed by atoms with E-state index in [0.29, 0.717) is 56.3 Å². The first-order valence-electron chi connectivity index (χ1n) is 36.8. The van der Waals surface area contributed by atoms with Gasteiger partial charge in [-0.25, -0.2) is 4.98 Å². The maximum absolute atomic E-state index is 13.3. The highest BCUT2D eigenvalue weighted by molar-refractivity contribution is 5.97. The molecule has 1 N–H and O–H groups in total. The molecule has 0 fully saturated rings. The lowest BCUT2D eigenvalue weighted by Crippen LogP contribution is -2.17. The van der Waals surface area contributed by atoms with E-state index in [9.17, 15) is 5.11 Å². The van der Waals surface area contributed by atoms with Gasteiger partial charge in [0.2, 0.25) is 0 Å². The number of benzene rings is 7. The average molecular weight is 948 g/mol. The van der Waals surface area contributed by atoms with Crippen LogP contribution in [0.2, 0.25) is 0 Å². The second-order valence-electron chi connectivity index (χ2n) is 19.2. The molecule has 7 aromatic carbocycles.